The maximum atomic E-state index is 11.5. The van der Waals surface area contributed by atoms with Crippen molar-refractivity contribution >= 4 is 33.0 Å². The maximum absolute atomic E-state index is 11.5. The van der Waals surface area contributed by atoms with Crippen LogP contribution in [0.25, 0.3) is 0 Å². The van der Waals surface area contributed by atoms with E-state index < -0.39 is 10.0 Å². The molecule has 1 N–H and O–H groups in total. The van der Waals surface area contributed by atoms with Crippen LogP contribution in [0.1, 0.15) is 11.1 Å². The molecule has 0 unspecified atom stereocenters. The maximum Gasteiger partial charge on any atom is 0.211 e. The van der Waals surface area contributed by atoms with Gasteiger partial charge in [-0.2, -0.15) is 4.31 Å². The molecular formula is C14H21N3O2S2. The van der Waals surface area contributed by atoms with Crippen LogP contribution in [0.15, 0.2) is 18.2 Å². The number of sulfonamides is 1. The van der Waals surface area contributed by atoms with Gasteiger partial charge in [0.15, 0.2) is 5.11 Å². The van der Waals surface area contributed by atoms with Gasteiger partial charge in [-0.05, 0) is 43.3 Å². The largest absolute Gasteiger partial charge is 0.346 e. The molecule has 5 nitrogen and oxygen atoms in total. The second-order valence-corrected chi connectivity index (χ2v) is 7.70. The molecule has 116 valence electrons. The lowest BCUT2D eigenvalue weighted by molar-refractivity contribution is 0.270. The van der Waals surface area contributed by atoms with Gasteiger partial charge in [-0.25, -0.2) is 8.42 Å². The first-order valence-corrected chi connectivity index (χ1v) is 9.12. The molecule has 0 atom stereocenters. The number of rotatable bonds is 2. The molecule has 0 amide bonds. The molecule has 0 spiro atoms. The summed E-state index contributed by atoms with van der Waals surface area (Å²) in [5.41, 5.74) is 3.39. The fourth-order valence-corrected chi connectivity index (χ4v) is 3.42. The van der Waals surface area contributed by atoms with Crippen LogP contribution in [0.4, 0.5) is 5.69 Å². The molecule has 0 radical (unpaired) electrons. The number of nitrogens with one attached hydrogen (secondary N) is 1. The Bertz CT molecular complexity index is 636. The summed E-state index contributed by atoms with van der Waals surface area (Å²) in [5, 5.41) is 3.91. The molecule has 1 aromatic rings. The average molecular weight is 327 g/mol. The number of benzene rings is 1. The standard InChI is InChI=1S/C14H21N3O2S2/c1-11-5-4-6-13(12(11)2)15-14(20)16-7-9-17(10-8-16)21(3,18)19/h4-6H,7-10H2,1-3H3,(H,15,20). The fourth-order valence-electron chi connectivity index (χ4n) is 2.30. The fraction of sp³-hybridized carbons (Fsp3) is 0.500. The summed E-state index contributed by atoms with van der Waals surface area (Å²) in [6.07, 6.45) is 1.25. The summed E-state index contributed by atoms with van der Waals surface area (Å²) >= 11 is 5.44. The van der Waals surface area contributed by atoms with E-state index in [0.717, 1.165) is 5.69 Å². The van der Waals surface area contributed by atoms with E-state index in [9.17, 15) is 8.42 Å². The first-order chi connectivity index (χ1) is 9.79. The number of hydrogen-bond donors (Lipinski definition) is 1. The smallest absolute Gasteiger partial charge is 0.211 e. The molecule has 1 aliphatic rings. The minimum absolute atomic E-state index is 0.480. The van der Waals surface area contributed by atoms with Crippen molar-refractivity contribution in [2.24, 2.45) is 0 Å². The lowest BCUT2D eigenvalue weighted by atomic mass is 10.1. The molecule has 1 fully saturated rings. The van der Waals surface area contributed by atoms with Crippen molar-refractivity contribution in [1.82, 2.24) is 9.21 Å². The number of thiocarbonyl (C=S) groups is 1. The highest BCUT2D eigenvalue weighted by molar-refractivity contribution is 7.88. The van der Waals surface area contributed by atoms with E-state index >= 15 is 0 Å². The van der Waals surface area contributed by atoms with E-state index in [2.05, 4.69) is 25.2 Å². The highest BCUT2D eigenvalue weighted by atomic mass is 32.2. The van der Waals surface area contributed by atoms with Gasteiger partial charge in [0.1, 0.15) is 0 Å². The molecule has 1 aromatic carbocycles. The van der Waals surface area contributed by atoms with E-state index in [1.807, 2.05) is 17.0 Å². The van der Waals surface area contributed by atoms with E-state index in [1.54, 1.807) is 0 Å². The Kier molecular flexibility index (Phi) is 4.85. The zero-order valence-corrected chi connectivity index (χ0v) is 14.2. The number of nitrogens with zero attached hydrogens (tertiary/aromatic N) is 2. The van der Waals surface area contributed by atoms with Crippen LogP contribution in [-0.2, 0) is 10.0 Å². The molecule has 1 aliphatic heterocycles. The van der Waals surface area contributed by atoms with Crippen LogP contribution in [0.3, 0.4) is 0 Å². The monoisotopic (exact) mass is 327 g/mol. The third-order valence-corrected chi connectivity index (χ3v) is 5.50. The lowest BCUT2D eigenvalue weighted by Gasteiger charge is -2.35. The van der Waals surface area contributed by atoms with Crippen molar-refractivity contribution in [3.8, 4) is 0 Å². The summed E-state index contributed by atoms with van der Waals surface area (Å²) in [6.45, 7) is 6.31. The summed E-state index contributed by atoms with van der Waals surface area (Å²) in [6, 6.07) is 6.06. The van der Waals surface area contributed by atoms with Crippen LogP contribution < -0.4 is 5.32 Å². The van der Waals surface area contributed by atoms with Crippen LogP contribution in [0, 0.1) is 13.8 Å². The van der Waals surface area contributed by atoms with Crippen molar-refractivity contribution in [1.29, 1.82) is 0 Å². The van der Waals surface area contributed by atoms with Crippen LogP contribution in [0.5, 0.6) is 0 Å². The van der Waals surface area contributed by atoms with Gasteiger partial charge < -0.3 is 10.2 Å². The molecule has 1 saturated heterocycles. The normalized spacial score (nSPS) is 16.8. The first-order valence-electron chi connectivity index (χ1n) is 6.86. The van der Waals surface area contributed by atoms with Crippen molar-refractivity contribution in [2.45, 2.75) is 13.8 Å². The summed E-state index contributed by atoms with van der Waals surface area (Å²) in [7, 11) is -3.10. The van der Waals surface area contributed by atoms with Crippen LogP contribution in [-0.4, -0.2) is 55.2 Å². The van der Waals surface area contributed by atoms with Gasteiger partial charge >= 0.3 is 0 Å². The van der Waals surface area contributed by atoms with E-state index in [0.29, 0.717) is 31.3 Å². The minimum atomic E-state index is -3.10. The minimum Gasteiger partial charge on any atom is -0.346 e. The number of anilines is 1. The Balaban J connectivity index is 1.98. The number of hydrogen-bond acceptors (Lipinski definition) is 3. The van der Waals surface area contributed by atoms with Crippen molar-refractivity contribution in [3.05, 3.63) is 29.3 Å². The van der Waals surface area contributed by atoms with Gasteiger partial charge in [0.25, 0.3) is 0 Å². The molecule has 21 heavy (non-hydrogen) atoms. The molecule has 0 saturated carbocycles. The highest BCUT2D eigenvalue weighted by Gasteiger charge is 2.24. The van der Waals surface area contributed by atoms with Crippen molar-refractivity contribution < 1.29 is 8.42 Å². The number of aryl methyl sites for hydroxylation is 1. The number of piperazine rings is 1. The molecule has 1 heterocycles. The SMILES string of the molecule is Cc1cccc(NC(=S)N2CCN(S(C)(=O)=O)CC2)c1C. The summed E-state index contributed by atoms with van der Waals surface area (Å²) < 4.78 is 24.5. The second-order valence-electron chi connectivity index (χ2n) is 5.33. The van der Waals surface area contributed by atoms with Gasteiger partial charge in [-0.3, -0.25) is 0 Å². The average Bonchev–Trinajstić information content (AvgIpc) is 2.43. The molecule has 0 aromatic heterocycles. The molecular weight excluding hydrogens is 306 g/mol. The molecule has 2 rings (SSSR count). The predicted molar refractivity (Wildman–Crippen MR) is 90.1 cm³/mol. The van der Waals surface area contributed by atoms with Crippen molar-refractivity contribution in [2.75, 3.05) is 37.8 Å². The predicted octanol–water partition coefficient (Wildman–Crippen LogP) is 1.58. The van der Waals surface area contributed by atoms with E-state index in [1.165, 1.54) is 21.7 Å². The van der Waals surface area contributed by atoms with E-state index in [-0.39, 0.29) is 0 Å². The van der Waals surface area contributed by atoms with Gasteiger partial charge in [-0.15, -0.1) is 0 Å². The second kappa shape index (κ2) is 6.29. The molecule has 7 heteroatoms. The zero-order chi connectivity index (χ0) is 15.6. The van der Waals surface area contributed by atoms with Crippen LogP contribution in [0.2, 0.25) is 0 Å². The topological polar surface area (TPSA) is 52.6 Å². The van der Waals surface area contributed by atoms with E-state index in [4.69, 9.17) is 12.2 Å². The lowest BCUT2D eigenvalue weighted by Crippen LogP contribution is -2.51. The van der Waals surface area contributed by atoms with Gasteiger partial charge in [-0.1, -0.05) is 12.1 Å². The zero-order valence-electron chi connectivity index (χ0n) is 12.6. The third kappa shape index (κ3) is 3.93. The molecule has 0 aliphatic carbocycles. The van der Waals surface area contributed by atoms with Crippen molar-refractivity contribution in [3.63, 3.8) is 0 Å². The Morgan fingerprint density at radius 2 is 1.81 bits per heavy atom. The van der Waals surface area contributed by atoms with Gasteiger partial charge in [0.05, 0.1) is 6.26 Å². The molecule has 0 bridgehead atoms. The Morgan fingerprint density at radius 3 is 2.38 bits per heavy atom. The van der Waals surface area contributed by atoms with Crippen LogP contribution >= 0.6 is 12.2 Å². The first kappa shape index (κ1) is 16.2. The quantitative estimate of drug-likeness (QED) is 0.836. The Morgan fingerprint density at radius 1 is 1.19 bits per heavy atom. The van der Waals surface area contributed by atoms with Gasteiger partial charge in [0, 0.05) is 31.9 Å². The third-order valence-electron chi connectivity index (χ3n) is 3.84. The van der Waals surface area contributed by atoms with Gasteiger partial charge in [0.2, 0.25) is 10.0 Å². The summed E-state index contributed by atoms with van der Waals surface area (Å²) in [4.78, 5) is 2.01. The Hall–Kier alpha value is -1.18. The Labute approximate surface area is 132 Å². The summed E-state index contributed by atoms with van der Waals surface area (Å²) in [5.74, 6) is 0. The highest BCUT2D eigenvalue weighted by Crippen LogP contribution is 2.19.